The second kappa shape index (κ2) is 8.31. The molecule has 0 heterocycles. The van der Waals surface area contributed by atoms with Gasteiger partial charge in [0, 0.05) is 32.0 Å². The van der Waals surface area contributed by atoms with E-state index in [0.717, 1.165) is 50.1 Å². The van der Waals surface area contributed by atoms with Crippen molar-refractivity contribution in [3.05, 3.63) is 23.4 Å². The molecule has 0 amide bonds. The molecule has 1 rings (SSSR count). The Kier molecular flexibility index (Phi) is 6.59. The van der Waals surface area contributed by atoms with Crippen molar-refractivity contribution in [3.8, 4) is 6.26 Å². The molecule has 0 aromatic rings. The van der Waals surface area contributed by atoms with Crippen molar-refractivity contribution in [2.24, 2.45) is 0 Å². The molecule has 0 unspecified atom stereocenters. The summed E-state index contributed by atoms with van der Waals surface area (Å²) >= 11 is 0. The summed E-state index contributed by atoms with van der Waals surface area (Å²) in [5, 5.41) is 11.5. The summed E-state index contributed by atoms with van der Waals surface area (Å²) in [5.74, 6) is -0.607. The molecule has 0 radical (unpaired) electrons. The average Bonchev–Trinajstić information content (AvgIpc) is 2.35. The molecule has 98 valence electrons. The third kappa shape index (κ3) is 5.51. The lowest BCUT2D eigenvalue weighted by molar-refractivity contribution is -0.131. The molecular formula is C13H18N2O3. The van der Waals surface area contributed by atoms with E-state index in [2.05, 4.69) is 10.1 Å². The first-order chi connectivity index (χ1) is 8.76. The van der Waals surface area contributed by atoms with Gasteiger partial charge in [-0.05, 0) is 37.3 Å². The predicted octanol–water partition coefficient (Wildman–Crippen LogP) is 1.63. The van der Waals surface area contributed by atoms with Gasteiger partial charge >= 0.3 is 5.97 Å². The van der Waals surface area contributed by atoms with E-state index in [0.29, 0.717) is 0 Å². The van der Waals surface area contributed by atoms with Crippen LogP contribution in [0.2, 0.25) is 0 Å². The van der Waals surface area contributed by atoms with Crippen LogP contribution in [0.3, 0.4) is 0 Å². The molecule has 0 fully saturated rings. The lowest BCUT2D eigenvalue weighted by Crippen LogP contribution is -2.18. The Balaban J connectivity index is 2.46. The number of nitrogens with one attached hydrogen (secondary N) is 1. The van der Waals surface area contributed by atoms with Gasteiger partial charge in [0.2, 0.25) is 0 Å². The summed E-state index contributed by atoms with van der Waals surface area (Å²) in [4.78, 5) is 11.1. The minimum Gasteiger partial charge on any atom is -0.388 e. The van der Waals surface area contributed by atoms with E-state index in [1.54, 1.807) is 7.11 Å². The van der Waals surface area contributed by atoms with Crippen LogP contribution in [0.5, 0.6) is 0 Å². The number of nitrogens with zero attached hydrogens (tertiary/aromatic N) is 1. The van der Waals surface area contributed by atoms with E-state index in [1.807, 2.05) is 6.08 Å². The maximum Gasteiger partial charge on any atom is 0.346 e. The number of esters is 1. The molecule has 1 aliphatic carbocycles. The van der Waals surface area contributed by atoms with Crippen LogP contribution < -0.4 is 5.32 Å². The summed E-state index contributed by atoms with van der Waals surface area (Å²) in [5.41, 5.74) is 2.02. The molecule has 0 saturated carbocycles. The van der Waals surface area contributed by atoms with Crippen molar-refractivity contribution in [1.29, 1.82) is 5.26 Å². The highest BCUT2D eigenvalue weighted by Crippen LogP contribution is 2.20. The van der Waals surface area contributed by atoms with Gasteiger partial charge < -0.3 is 14.8 Å². The largest absolute Gasteiger partial charge is 0.388 e. The fourth-order valence-corrected chi connectivity index (χ4v) is 1.80. The molecule has 0 aromatic heterocycles. The molecule has 0 aliphatic heterocycles. The van der Waals surface area contributed by atoms with Gasteiger partial charge in [-0.1, -0.05) is 0 Å². The fraction of sp³-hybridized carbons (Fsp3) is 0.538. The molecular weight excluding hydrogens is 232 g/mol. The summed E-state index contributed by atoms with van der Waals surface area (Å²) in [6.07, 6.45) is 8.46. The zero-order valence-corrected chi connectivity index (χ0v) is 10.6. The second-order valence-electron chi connectivity index (χ2n) is 4.03. The highest BCUT2D eigenvalue weighted by Gasteiger charge is 2.09. The molecule has 0 atom stereocenters. The Hall–Kier alpha value is -1.80. The van der Waals surface area contributed by atoms with E-state index >= 15 is 0 Å². The van der Waals surface area contributed by atoms with Crippen molar-refractivity contribution < 1.29 is 14.3 Å². The maximum absolute atomic E-state index is 11.1. The third-order valence-electron chi connectivity index (χ3n) is 2.60. The number of carbonyl (C=O) groups is 1. The van der Waals surface area contributed by atoms with E-state index in [9.17, 15) is 4.79 Å². The SMILES string of the molecule is COCCCNC1=C/C(=C\C(=O)OC#N)CCC1. The molecule has 18 heavy (non-hydrogen) atoms. The molecule has 1 aliphatic rings. The van der Waals surface area contributed by atoms with Crippen molar-refractivity contribution in [2.75, 3.05) is 20.3 Å². The van der Waals surface area contributed by atoms with Crippen molar-refractivity contribution in [3.63, 3.8) is 0 Å². The minimum atomic E-state index is -0.607. The third-order valence-corrected chi connectivity index (χ3v) is 2.60. The van der Waals surface area contributed by atoms with E-state index in [4.69, 9.17) is 10.00 Å². The molecule has 0 aromatic carbocycles. The van der Waals surface area contributed by atoms with Crippen LogP contribution in [-0.4, -0.2) is 26.2 Å². The number of methoxy groups -OCH3 is 1. The van der Waals surface area contributed by atoms with E-state index in [1.165, 1.54) is 12.3 Å². The number of allylic oxidation sites excluding steroid dienone is 3. The molecule has 1 N–H and O–H groups in total. The van der Waals surface area contributed by atoms with Crippen LogP contribution in [0.1, 0.15) is 25.7 Å². The smallest absolute Gasteiger partial charge is 0.346 e. The van der Waals surface area contributed by atoms with E-state index in [-0.39, 0.29) is 0 Å². The normalized spacial score (nSPS) is 16.9. The van der Waals surface area contributed by atoms with E-state index < -0.39 is 5.97 Å². The van der Waals surface area contributed by atoms with Gasteiger partial charge in [-0.3, -0.25) is 0 Å². The summed E-state index contributed by atoms with van der Waals surface area (Å²) < 4.78 is 9.19. The Labute approximate surface area is 107 Å². The Morgan fingerprint density at radius 3 is 3.17 bits per heavy atom. The molecule has 0 bridgehead atoms. The first kappa shape index (κ1) is 14.3. The maximum atomic E-state index is 11.1. The summed E-state index contributed by atoms with van der Waals surface area (Å²) in [6.45, 7) is 1.59. The second-order valence-corrected chi connectivity index (χ2v) is 4.03. The van der Waals surface area contributed by atoms with Crippen LogP contribution in [0.25, 0.3) is 0 Å². The number of rotatable bonds is 6. The van der Waals surface area contributed by atoms with Gasteiger partial charge in [0.25, 0.3) is 6.26 Å². The van der Waals surface area contributed by atoms with Crippen LogP contribution >= 0.6 is 0 Å². The number of nitriles is 1. The molecule has 5 heteroatoms. The quantitative estimate of drug-likeness (QED) is 0.336. The van der Waals surface area contributed by atoms with Gasteiger partial charge in [0.15, 0.2) is 0 Å². The summed E-state index contributed by atoms with van der Waals surface area (Å²) in [6, 6.07) is 0. The first-order valence-electron chi connectivity index (χ1n) is 6.00. The highest BCUT2D eigenvalue weighted by atomic mass is 16.5. The van der Waals surface area contributed by atoms with Crippen LogP contribution in [0.15, 0.2) is 23.4 Å². The standard InChI is InChI=1S/C13H18N2O3/c1-17-7-3-6-15-12-5-2-4-11(8-12)9-13(16)18-10-14/h8-9,15H,2-7H2,1H3/b11-9-. The number of ether oxygens (including phenoxy) is 2. The van der Waals surface area contributed by atoms with Crippen LogP contribution in [0, 0.1) is 11.5 Å². The highest BCUT2D eigenvalue weighted by molar-refractivity contribution is 5.84. The molecule has 0 spiro atoms. The monoisotopic (exact) mass is 250 g/mol. The topological polar surface area (TPSA) is 71.3 Å². The Morgan fingerprint density at radius 2 is 2.44 bits per heavy atom. The Morgan fingerprint density at radius 1 is 1.61 bits per heavy atom. The summed E-state index contributed by atoms with van der Waals surface area (Å²) in [7, 11) is 1.68. The van der Waals surface area contributed by atoms with Gasteiger partial charge in [-0.2, -0.15) is 0 Å². The zero-order valence-electron chi connectivity index (χ0n) is 10.6. The lowest BCUT2D eigenvalue weighted by atomic mass is 9.99. The Bertz CT molecular complexity index is 380. The van der Waals surface area contributed by atoms with Gasteiger partial charge in [-0.15, -0.1) is 5.26 Å². The van der Waals surface area contributed by atoms with Gasteiger partial charge in [-0.25, -0.2) is 4.79 Å². The van der Waals surface area contributed by atoms with Crippen LogP contribution in [-0.2, 0) is 14.3 Å². The average molecular weight is 250 g/mol. The predicted molar refractivity (Wildman–Crippen MR) is 66.2 cm³/mol. The minimum absolute atomic E-state index is 0.607. The fourth-order valence-electron chi connectivity index (χ4n) is 1.80. The molecule has 5 nitrogen and oxygen atoms in total. The number of carbonyl (C=O) groups excluding carboxylic acids is 1. The van der Waals surface area contributed by atoms with Crippen LogP contribution in [0.4, 0.5) is 0 Å². The number of hydrogen-bond acceptors (Lipinski definition) is 5. The molecule has 0 saturated heterocycles. The van der Waals surface area contributed by atoms with Crippen molar-refractivity contribution in [1.82, 2.24) is 5.32 Å². The zero-order chi connectivity index (χ0) is 13.2. The number of hydrogen-bond donors (Lipinski definition) is 1. The van der Waals surface area contributed by atoms with Gasteiger partial charge in [0.05, 0.1) is 0 Å². The van der Waals surface area contributed by atoms with Gasteiger partial charge in [0.1, 0.15) is 0 Å². The first-order valence-corrected chi connectivity index (χ1v) is 6.00. The lowest BCUT2D eigenvalue weighted by Gasteiger charge is -2.16. The van der Waals surface area contributed by atoms with Crippen molar-refractivity contribution in [2.45, 2.75) is 25.7 Å². The van der Waals surface area contributed by atoms with Crippen molar-refractivity contribution >= 4 is 5.97 Å².